The molecule has 0 spiro atoms. The van der Waals surface area contributed by atoms with Gasteiger partial charge in [0.1, 0.15) is 0 Å². The van der Waals surface area contributed by atoms with Gasteiger partial charge in [0.05, 0.1) is 16.5 Å². The van der Waals surface area contributed by atoms with Crippen molar-refractivity contribution in [2.75, 3.05) is 0 Å². The molecule has 0 atom stereocenters. The van der Waals surface area contributed by atoms with Crippen LogP contribution in [0, 0.1) is 0 Å². The Morgan fingerprint density at radius 2 is 1.28 bits per heavy atom. The number of hydrogen-bond donors (Lipinski definition) is 1. The lowest BCUT2D eigenvalue weighted by atomic mass is 10.0. The Morgan fingerprint density at radius 3 is 2.19 bits per heavy atom. The van der Waals surface area contributed by atoms with E-state index in [1.54, 1.807) is 11.3 Å². The van der Waals surface area contributed by atoms with Crippen molar-refractivity contribution in [1.82, 2.24) is 9.55 Å². The highest BCUT2D eigenvalue weighted by atomic mass is 32.1. The number of nitrogens with one attached hydrogen (secondary N) is 1. The molecule has 0 aliphatic carbocycles. The smallest absolute Gasteiger partial charge is 0.0645 e. The number of H-pyrrole nitrogens is 1. The number of thiophene rings is 1. The minimum Gasteiger partial charge on any atom is -0.354 e. The molecule has 2 nitrogen and oxygen atoms in total. The van der Waals surface area contributed by atoms with E-state index in [4.69, 9.17) is 0 Å². The fraction of sp³-hybridized carbons (Fsp3) is 0. The van der Waals surface area contributed by atoms with E-state index in [1.807, 2.05) is 65.2 Å². The number of hydrogen-bond acceptors (Lipinski definition) is 1. The summed E-state index contributed by atoms with van der Waals surface area (Å²) in [6.45, 7) is 0. The van der Waals surface area contributed by atoms with Crippen LogP contribution in [0.15, 0.2) is 139 Å². The summed E-state index contributed by atoms with van der Waals surface area (Å²) in [7, 11) is 0. The molecule has 10 rings (SSSR count). The van der Waals surface area contributed by atoms with Crippen LogP contribution in [-0.4, -0.2) is 9.55 Å². The van der Waals surface area contributed by atoms with Crippen molar-refractivity contribution < 1.29 is 5.48 Å². The number of aromatic nitrogens is 2. The molecule has 0 bridgehead atoms. The quantitative estimate of drug-likeness (QED) is 0.214. The fourth-order valence-corrected chi connectivity index (χ4v) is 7.90. The first-order valence-corrected chi connectivity index (χ1v) is 15.2. The largest absolute Gasteiger partial charge is 0.354 e. The van der Waals surface area contributed by atoms with Gasteiger partial charge in [-0.3, -0.25) is 0 Å². The molecular formula is C40H24N2S. The molecule has 0 amide bonds. The Morgan fingerprint density at radius 1 is 0.512 bits per heavy atom. The van der Waals surface area contributed by atoms with Gasteiger partial charge in [-0.25, -0.2) is 0 Å². The lowest BCUT2D eigenvalue weighted by Gasteiger charge is -2.10. The van der Waals surface area contributed by atoms with Crippen molar-refractivity contribution in [3.8, 4) is 16.8 Å². The molecule has 10 aromatic rings. The van der Waals surface area contributed by atoms with Crippen molar-refractivity contribution in [2.24, 2.45) is 0 Å². The fourth-order valence-electron chi connectivity index (χ4n) is 6.82. The van der Waals surface area contributed by atoms with Crippen molar-refractivity contribution in [3.63, 3.8) is 0 Å². The summed E-state index contributed by atoms with van der Waals surface area (Å²) in [5.74, 6) is 0. The van der Waals surface area contributed by atoms with Crippen LogP contribution in [0.2, 0.25) is 0 Å². The van der Waals surface area contributed by atoms with Gasteiger partial charge in [0.15, 0.2) is 0 Å². The van der Waals surface area contributed by atoms with Crippen molar-refractivity contribution in [1.29, 1.82) is 0 Å². The summed E-state index contributed by atoms with van der Waals surface area (Å²) >= 11 is 1.71. The minimum atomic E-state index is -0.0695. The third kappa shape index (κ3) is 3.28. The number of fused-ring (bicyclic) bond motifs is 11. The maximum Gasteiger partial charge on any atom is 0.0645 e. The summed E-state index contributed by atoms with van der Waals surface area (Å²) in [5, 5.41) is 8.63. The zero-order chi connectivity index (χ0) is 31.6. The van der Waals surface area contributed by atoms with E-state index < -0.39 is 0 Å². The van der Waals surface area contributed by atoms with Crippen molar-refractivity contribution in [3.05, 3.63) is 139 Å². The number of rotatable bonds is 2. The molecule has 3 heteroatoms. The van der Waals surface area contributed by atoms with Crippen LogP contribution in [0.4, 0.5) is 0 Å². The topological polar surface area (TPSA) is 20.7 Å². The van der Waals surface area contributed by atoms with Crippen LogP contribution in [0.5, 0.6) is 0 Å². The highest BCUT2D eigenvalue weighted by Gasteiger charge is 2.17. The van der Waals surface area contributed by atoms with E-state index in [-0.39, 0.29) is 29.9 Å². The third-order valence-electron chi connectivity index (χ3n) is 8.78. The maximum atomic E-state index is 9.41. The lowest BCUT2D eigenvalue weighted by Crippen LogP contribution is -1.94. The van der Waals surface area contributed by atoms with Gasteiger partial charge in [0, 0.05) is 58.4 Å². The molecule has 0 unspecified atom stereocenters. The number of aromatic amines is 1. The highest BCUT2D eigenvalue weighted by Crippen LogP contribution is 2.41. The van der Waals surface area contributed by atoms with Crippen LogP contribution in [-0.2, 0) is 0 Å². The molecule has 3 aromatic heterocycles. The van der Waals surface area contributed by atoms with E-state index in [9.17, 15) is 5.48 Å². The van der Waals surface area contributed by atoms with E-state index in [1.165, 1.54) is 4.70 Å². The Kier molecular flexibility index (Phi) is 3.93. The van der Waals surface area contributed by atoms with Gasteiger partial charge in [-0.15, -0.1) is 11.3 Å². The molecule has 0 aliphatic rings. The minimum absolute atomic E-state index is 0.0534. The summed E-state index contributed by atoms with van der Waals surface area (Å²) < 4.78 is 41.6. The van der Waals surface area contributed by atoms with Gasteiger partial charge < -0.3 is 9.55 Å². The van der Waals surface area contributed by atoms with Gasteiger partial charge in [0.25, 0.3) is 0 Å². The van der Waals surface area contributed by atoms with Crippen LogP contribution >= 0.6 is 11.3 Å². The van der Waals surface area contributed by atoms with E-state index in [0.29, 0.717) is 11.1 Å². The van der Waals surface area contributed by atoms with Gasteiger partial charge in [-0.2, -0.15) is 0 Å². The molecule has 0 radical (unpaired) electrons. The predicted molar refractivity (Wildman–Crippen MR) is 186 cm³/mol. The molecule has 0 aliphatic heterocycles. The van der Waals surface area contributed by atoms with Gasteiger partial charge in [-0.05, 0) is 76.4 Å². The molecule has 0 saturated heterocycles. The molecule has 7 aromatic carbocycles. The van der Waals surface area contributed by atoms with E-state index in [2.05, 4.69) is 59.6 Å². The standard InChI is InChI=1S/C40H24N2S/c1-2-8-28-25(7-1)15-19-36-40(28)33-22-31-29-9-3-5-11-34(29)41-35(31)23-37(33)42(36)27-17-13-24(14-18-27)26-16-20-39-32(21-26)30-10-4-6-12-38(30)43-39/h1-23,41H/i13D,14D,17D,18D. The summed E-state index contributed by atoms with van der Waals surface area (Å²) in [5.41, 5.74) is 4.90. The predicted octanol–water partition coefficient (Wildman–Crippen LogP) is 11.6. The van der Waals surface area contributed by atoms with E-state index >= 15 is 0 Å². The zero-order valence-electron chi connectivity index (χ0n) is 26.8. The van der Waals surface area contributed by atoms with Crippen LogP contribution in [0.1, 0.15) is 5.48 Å². The van der Waals surface area contributed by atoms with Crippen LogP contribution in [0.3, 0.4) is 0 Å². The monoisotopic (exact) mass is 568 g/mol. The van der Waals surface area contributed by atoms with Crippen LogP contribution in [0.25, 0.3) is 91.4 Å². The summed E-state index contributed by atoms with van der Waals surface area (Å²) in [4.78, 5) is 3.56. The van der Waals surface area contributed by atoms with E-state index in [0.717, 1.165) is 69.9 Å². The SMILES string of the molecule is [2H]c1c([2H])c(-n2c3cc4[nH]c5ccccc5c4cc3c3c4ccccc4ccc32)c([2H])c([2H])c1-c1ccc2sc3ccccc3c2c1. The summed E-state index contributed by atoms with van der Waals surface area (Å²) in [6, 6.07) is 38.9. The van der Waals surface area contributed by atoms with Crippen molar-refractivity contribution >= 4 is 85.9 Å². The Bertz CT molecular complexity index is 2940. The number of benzene rings is 7. The first-order chi connectivity index (χ1) is 23.0. The second-order valence-electron chi connectivity index (χ2n) is 11.1. The number of para-hydroxylation sites is 1. The molecular weight excluding hydrogens is 541 g/mol. The van der Waals surface area contributed by atoms with Gasteiger partial charge >= 0.3 is 0 Å². The van der Waals surface area contributed by atoms with Crippen molar-refractivity contribution in [2.45, 2.75) is 0 Å². The third-order valence-corrected chi connectivity index (χ3v) is 9.93. The molecule has 1 N–H and O–H groups in total. The lowest BCUT2D eigenvalue weighted by molar-refractivity contribution is 1.18. The number of nitrogens with zero attached hydrogens (tertiary/aromatic N) is 1. The second kappa shape index (κ2) is 8.57. The highest BCUT2D eigenvalue weighted by molar-refractivity contribution is 7.25. The molecule has 200 valence electrons. The second-order valence-corrected chi connectivity index (χ2v) is 12.2. The normalized spacial score (nSPS) is 13.5. The Hall–Kier alpha value is -5.38. The first kappa shape index (κ1) is 19.7. The van der Waals surface area contributed by atoms with Gasteiger partial charge in [-0.1, -0.05) is 84.9 Å². The molecule has 0 saturated carbocycles. The summed E-state index contributed by atoms with van der Waals surface area (Å²) in [6.07, 6.45) is 0. The zero-order valence-corrected chi connectivity index (χ0v) is 23.6. The molecule has 3 heterocycles. The molecule has 0 fully saturated rings. The Labute approximate surface area is 256 Å². The maximum absolute atomic E-state index is 9.41. The average molecular weight is 569 g/mol. The first-order valence-electron chi connectivity index (χ1n) is 16.4. The average Bonchev–Trinajstić information content (AvgIpc) is 3.76. The Balaban J connectivity index is 1.30. The van der Waals surface area contributed by atoms with Gasteiger partial charge in [0.2, 0.25) is 0 Å². The van der Waals surface area contributed by atoms with Crippen LogP contribution < -0.4 is 0 Å². The molecule has 43 heavy (non-hydrogen) atoms.